The van der Waals surface area contributed by atoms with Gasteiger partial charge in [0.15, 0.2) is 0 Å². The number of aromatic nitrogens is 1. The zero-order valence-corrected chi connectivity index (χ0v) is 16.5. The second kappa shape index (κ2) is 8.77. The Bertz CT molecular complexity index is 1040. The molecule has 3 aromatic rings. The molecule has 7 heteroatoms. The van der Waals surface area contributed by atoms with Crippen molar-refractivity contribution in [3.8, 4) is 0 Å². The van der Waals surface area contributed by atoms with Crippen molar-refractivity contribution in [3.63, 3.8) is 0 Å². The fourth-order valence-electron chi connectivity index (χ4n) is 3.22. The molecular formula is C21H24FN3O2S. The molecule has 1 heterocycles. The van der Waals surface area contributed by atoms with E-state index in [4.69, 9.17) is 5.73 Å². The minimum Gasteiger partial charge on any atom is -0.328 e. The SMILES string of the molecule is C[C@H](CC(N)CCc1ccccc1)NS(=O)(=O)c1ccc2cncc(F)c2c1. The maximum Gasteiger partial charge on any atom is 0.240 e. The fraction of sp³-hybridized carbons (Fsp3) is 0.286. The Morgan fingerprint density at radius 1 is 1.14 bits per heavy atom. The van der Waals surface area contributed by atoms with Crippen LogP contribution in [0.2, 0.25) is 0 Å². The number of nitrogens with zero attached hydrogens (tertiary/aromatic N) is 1. The van der Waals surface area contributed by atoms with Crippen LogP contribution in [0.3, 0.4) is 0 Å². The lowest BCUT2D eigenvalue weighted by Gasteiger charge is -2.19. The molecule has 1 aromatic heterocycles. The van der Waals surface area contributed by atoms with Crippen LogP contribution in [0.25, 0.3) is 10.8 Å². The monoisotopic (exact) mass is 401 g/mol. The third-order valence-electron chi connectivity index (χ3n) is 4.65. The molecule has 2 aromatic carbocycles. The van der Waals surface area contributed by atoms with Gasteiger partial charge < -0.3 is 5.73 Å². The van der Waals surface area contributed by atoms with Gasteiger partial charge in [0.25, 0.3) is 0 Å². The van der Waals surface area contributed by atoms with Gasteiger partial charge in [-0.25, -0.2) is 17.5 Å². The summed E-state index contributed by atoms with van der Waals surface area (Å²) in [5.74, 6) is -0.550. The van der Waals surface area contributed by atoms with Gasteiger partial charge in [-0.1, -0.05) is 36.4 Å². The molecule has 0 aliphatic rings. The van der Waals surface area contributed by atoms with Crippen LogP contribution in [-0.4, -0.2) is 25.5 Å². The Kier molecular flexibility index (Phi) is 6.39. The van der Waals surface area contributed by atoms with E-state index in [1.165, 1.54) is 23.9 Å². The summed E-state index contributed by atoms with van der Waals surface area (Å²) in [6.07, 6.45) is 4.69. The average molecular weight is 402 g/mol. The Balaban J connectivity index is 1.62. The largest absolute Gasteiger partial charge is 0.328 e. The molecule has 0 aliphatic carbocycles. The number of fused-ring (bicyclic) bond motifs is 1. The minimum atomic E-state index is -3.77. The Morgan fingerprint density at radius 2 is 1.89 bits per heavy atom. The summed E-state index contributed by atoms with van der Waals surface area (Å²) in [5.41, 5.74) is 7.39. The number of nitrogens with two attached hydrogens (primary N) is 1. The van der Waals surface area contributed by atoms with E-state index in [0.717, 1.165) is 19.0 Å². The predicted octanol–water partition coefficient (Wildman–Crippen LogP) is 3.39. The van der Waals surface area contributed by atoms with Gasteiger partial charge >= 0.3 is 0 Å². The lowest BCUT2D eigenvalue weighted by molar-refractivity contribution is 0.484. The molecule has 0 saturated heterocycles. The first-order valence-electron chi connectivity index (χ1n) is 9.20. The third-order valence-corrected chi connectivity index (χ3v) is 6.24. The van der Waals surface area contributed by atoms with E-state index in [9.17, 15) is 12.8 Å². The zero-order chi connectivity index (χ0) is 20.1. The molecule has 3 N–H and O–H groups in total. The third kappa shape index (κ3) is 5.13. The standard InChI is InChI=1S/C21H24FN3O2S/c1-15(11-18(23)9-7-16-5-3-2-4-6-16)25-28(26,27)19-10-8-17-13-24-14-21(22)20(17)12-19/h2-6,8,10,12-15,18,25H,7,9,11,23H2,1H3/t15-,18?/m1/s1. The molecule has 148 valence electrons. The summed E-state index contributed by atoms with van der Waals surface area (Å²) >= 11 is 0. The van der Waals surface area contributed by atoms with E-state index >= 15 is 0 Å². The Morgan fingerprint density at radius 3 is 2.64 bits per heavy atom. The van der Waals surface area contributed by atoms with E-state index in [1.807, 2.05) is 30.3 Å². The van der Waals surface area contributed by atoms with E-state index in [2.05, 4.69) is 9.71 Å². The Labute approximate surface area is 164 Å². The van der Waals surface area contributed by atoms with Crippen molar-refractivity contribution in [2.24, 2.45) is 5.73 Å². The van der Waals surface area contributed by atoms with Gasteiger partial charge in [-0.05, 0) is 43.9 Å². The summed E-state index contributed by atoms with van der Waals surface area (Å²) in [6.45, 7) is 1.78. The lowest BCUT2D eigenvalue weighted by atomic mass is 10.0. The molecule has 5 nitrogen and oxygen atoms in total. The van der Waals surface area contributed by atoms with Gasteiger partial charge in [0.2, 0.25) is 10.0 Å². The molecule has 0 radical (unpaired) electrons. The summed E-state index contributed by atoms with van der Waals surface area (Å²) < 4.78 is 41.9. The van der Waals surface area contributed by atoms with Gasteiger partial charge in [0, 0.05) is 29.1 Å². The Hall–Kier alpha value is -2.35. The van der Waals surface area contributed by atoms with Crippen LogP contribution in [0.15, 0.2) is 65.8 Å². The first kappa shape index (κ1) is 20.4. The van der Waals surface area contributed by atoms with Gasteiger partial charge in [-0.15, -0.1) is 0 Å². The molecule has 3 rings (SSSR count). The second-order valence-corrected chi connectivity index (χ2v) is 8.76. The van der Waals surface area contributed by atoms with Crippen LogP contribution in [0, 0.1) is 5.82 Å². The highest BCUT2D eigenvalue weighted by molar-refractivity contribution is 7.89. The smallest absolute Gasteiger partial charge is 0.240 e. The molecule has 0 saturated carbocycles. The van der Waals surface area contributed by atoms with Crippen LogP contribution in [0.5, 0.6) is 0 Å². The number of aryl methyl sites for hydroxylation is 1. The van der Waals surface area contributed by atoms with Crippen molar-refractivity contribution in [1.29, 1.82) is 0 Å². The topological polar surface area (TPSA) is 85.1 Å². The molecular weight excluding hydrogens is 377 g/mol. The van der Waals surface area contributed by atoms with Crippen molar-refractivity contribution < 1.29 is 12.8 Å². The summed E-state index contributed by atoms with van der Waals surface area (Å²) in [6, 6.07) is 13.9. The molecule has 0 amide bonds. The molecule has 0 aliphatic heterocycles. The molecule has 0 fully saturated rings. The quantitative estimate of drug-likeness (QED) is 0.606. The van der Waals surface area contributed by atoms with Gasteiger partial charge in [0.1, 0.15) is 5.82 Å². The number of benzene rings is 2. The number of pyridine rings is 1. The van der Waals surface area contributed by atoms with Crippen LogP contribution >= 0.6 is 0 Å². The average Bonchev–Trinajstić information content (AvgIpc) is 2.67. The summed E-state index contributed by atoms with van der Waals surface area (Å²) in [4.78, 5) is 3.79. The fourth-order valence-corrected chi connectivity index (χ4v) is 4.51. The molecule has 0 spiro atoms. The number of hydrogen-bond acceptors (Lipinski definition) is 4. The maximum absolute atomic E-state index is 13.9. The summed E-state index contributed by atoms with van der Waals surface area (Å²) in [5, 5.41) is 0.778. The normalized spacial score (nSPS) is 14.1. The van der Waals surface area contributed by atoms with Gasteiger partial charge in [0.05, 0.1) is 11.1 Å². The molecule has 28 heavy (non-hydrogen) atoms. The van der Waals surface area contributed by atoms with E-state index in [-0.39, 0.29) is 22.4 Å². The van der Waals surface area contributed by atoms with Crippen molar-refractivity contribution in [2.75, 3.05) is 0 Å². The number of nitrogens with one attached hydrogen (secondary N) is 1. The highest BCUT2D eigenvalue weighted by Gasteiger charge is 2.20. The second-order valence-electron chi connectivity index (χ2n) is 7.05. The lowest BCUT2D eigenvalue weighted by Crippen LogP contribution is -2.37. The number of halogens is 1. The molecule has 1 unspecified atom stereocenters. The van der Waals surface area contributed by atoms with Crippen molar-refractivity contribution >= 4 is 20.8 Å². The maximum atomic E-state index is 13.9. The predicted molar refractivity (Wildman–Crippen MR) is 109 cm³/mol. The molecule has 0 bridgehead atoms. The highest BCUT2D eigenvalue weighted by Crippen LogP contribution is 2.21. The van der Waals surface area contributed by atoms with Crippen LogP contribution in [0.1, 0.15) is 25.3 Å². The van der Waals surface area contributed by atoms with E-state index in [1.54, 1.807) is 13.0 Å². The van der Waals surface area contributed by atoms with Crippen LogP contribution in [-0.2, 0) is 16.4 Å². The minimum absolute atomic E-state index is 0.0230. The highest BCUT2D eigenvalue weighted by atomic mass is 32.2. The van der Waals surface area contributed by atoms with Crippen molar-refractivity contribution in [1.82, 2.24) is 9.71 Å². The number of rotatable bonds is 8. The zero-order valence-electron chi connectivity index (χ0n) is 15.7. The summed E-state index contributed by atoms with van der Waals surface area (Å²) in [7, 11) is -3.77. The van der Waals surface area contributed by atoms with Crippen molar-refractivity contribution in [2.45, 2.75) is 43.2 Å². The van der Waals surface area contributed by atoms with Crippen LogP contribution in [0.4, 0.5) is 4.39 Å². The van der Waals surface area contributed by atoms with Crippen molar-refractivity contribution in [3.05, 3.63) is 72.3 Å². The van der Waals surface area contributed by atoms with Gasteiger partial charge in [-0.3, -0.25) is 4.98 Å². The first-order chi connectivity index (χ1) is 13.3. The first-order valence-corrected chi connectivity index (χ1v) is 10.7. The van der Waals surface area contributed by atoms with E-state index in [0.29, 0.717) is 11.8 Å². The van der Waals surface area contributed by atoms with E-state index < -0.39 is 15.8 Å². The number of sulfonamides is 1. The van der Waals surface area contributed by atoms with Crippen LogP contribution < -0.4 is 10.5 Å². The number of hydrogen-bond donors (Lipinski definition) is 2. The molecule has 2 atom stereocenters. The van der Waals surface area contributed by atoms with Gasteiger partial charge in [-0.2, -0.15) is 0 Å².